The highest BCUT2D eigenvalue weighted by molar-refractivity contribution is 5.85. The van der Waals surface area contributed by atoms with E-state index in [1.165, 1.54) is 25.5 Å². The zero-order chi connectivity index (χ0) is 13.4. The number of aromatic nitrogens is 2. The summed E-state index contributed by atoms with van der Waals surface area (Å²) in [5.74, 6) is 0.0780. The molecular formula is C13H21N3O2. The van der Waals surface area contributed by atoms with Crippen molar-refractivity contribution in [3.05, 3.63) is 18.1 Å². The van der Waals surface area contributed by atoms with Crippen molar-refractivity contribution in [3.63, 3.8) is 0 Å². The molecule has 1 atom stereocenters. The summed E-state index contributed by atoms with van der Waals surface area (Å²) in [6, 6.07) is 0. The van der Waals surface area contributed by atoms with Gasteiger partial charge >= 0.3 is 5.97 Å². The summed E-state index contributed by atoms with van der Waals surface area (Å²) in [7, 11) is 0. The van der Waals surface area contributed by atoms with Crippen LogP contribution in [0.4, 0.5) is 5.82 Å². The number of anilines is 1. The molecule has 2 N–H and O–H groups in total. The molecule has 0 spiro atoms. The predicted molar refractivity (Wildman–Crippen MR) is 70.8 cm³/mol. The Balaban J connectivity index is 2.51. The fourth-order valence-electron chi connectivity index (χ4n) is 1.75. The van der Waals surface area contributed by atoms with Crippen LogP contribution in [0.15, 0.2) is 12.4 Å². The minimum absolute atomic E-state index is 0.0263. The normalized spacial score (nSPS) is 12.1. The number of rotatable bonds is 8. The van der Waals surface area contributed by atoms with Crippen LogP contribution in [0.2, 0.25) is 0 Å². The van der Waals surface area contributed by atoms with Crippen molar-refractivity contribution in [2.45, 2.75) is 39.5 Å². The summed E-state index contributed by atoms with van der Waals surface area (Å²) in [6.07, 6.45) is 7.53. The summed E-state index contributed by atoms with van der Waals surface area (Å²) >= 11 is 0. The maximum atomic E-state index is 10.8. The molecule has 1 heterocycles. The van der Waals surface area contributed by atoms with Crippen molar-refractivity contribution in [3.8, 4) is 0 Å². The Morgan fingerprint density at radius 2 is 2.22 bits per heavy atom. The number of aromatic carboxylic acids is 1. The Morgan fingerprint density at radius 1 is 1.44 bits per heavy atom. The minimum atomic E-state index is -1.05. The zero-order valence-corrected chi connectivity index (χ0v) is 11.0. The maximum absolute atomic E-state index is 10.8. The average Bonchev–Trinajstić information content (AvgIpc) is 2.39. The van der Waals surface area contributed by atoms with Gasteiger partial charge in [-0.1, -0.05) is 33.1 Å². The van der Waals surface area contributed by atoms with Gasteiger partial charge in [0.25, 0.3) is 0 Å². The molecule has 5 heteroatoms. The number of hydrogen-bond donors (Lipinski definition) is 2. The topological polar surface area (TPSA) is 75.1 Å². The van der Waals surface area contributed by atoms with Crippen molar-refractivity contribution < 1.29 is 9.90 Å². The molecule has 1 aromatic rings. The van der Waals surface area contributed by atoms with Gasteiger partial charge in [0.15, 0.2) is 5.69 Å². The molecule has 0 aromatic carbocycles. The van der Waals surface area contributed by atoms with Gasteiger partial charge in [-0.15, -0.1) is 0 Å². The van der Waals surface area contributed by atoms with Gasteiger partial charge in [0.05, 0.1) is 12.4 Å². The molecule has 0 saturated carbocycles. The molecule has 1 aromatic heterocycles. The van der Waals surface area contributed by atoms with E-state index in [0.717, 1.165) is 13.0 Å². The molecule has 5 nitrogen and oxygen atoms in total. The lowest BCUT2D eigenvalue weighted by Crippen LogP contribution is -2.15. The van der Waals surface area contributed by atoms with E-state index in [1.807, 2.05) is 0 Å². The van der Waals surface area contributed by atoms with Gasteiger partial charge < -0.3 is 10.4 Å². The van der Waals surface area contributed by atoms with Gasteiger partial charge in [0.1, 0.15) is 5.82 Å². The summed E-state index contributed by atoms with van der Waals surface area (Å²) in [5, 5.41) is 12.0. The lowest BCUT2D eigenvalue weighted by molar-refractivity contribution is 0.0690. The first-order valence-electron chi connectivity index (χ1n) is 6.46. The van der Waals surface area contributed by atoms with Gasteiger partial charge in [-0.05, 0) is 12.3 Å². The first-order valence-corrected chi connectivity index (χ1v) is 6.46. The standard InChI is InChI=1S/C13H21N3O2/c1-3-5-6-10(4-2)7-15-12-9-14-8-11(16-12)13(17)18/h8-10H,3-7H2,1-2H3,(H,15,16)(H,17,18). The lowest BCUT2D eigenvalue weighted by Gasteiger charge is -2.15. The van der Waals surface area contributed by atoms with Crippen LogP contribution >= 0.6 is 0 Å². The number of nitrogens with one attached hydrogen (secondary N) is 1. The van der Waals surface area contributed by atoms with Crippen molar-refractivity contribution in [1.82, 2.24) is 9.97 Å². The first-order chi connectivity index (χ1) is 8.67. The first kappa shape index (κ1) is 14.4. The number of nitrogens with zero attached hydrogens (tertiary/aromatic N) is 2. The van der Waals surface area contributed by atoms with E-state index in [9.17, 15) is 4.79 Å². The molecule has 0 aliphatic carbocycles. The Bertz CT molecular complexity index is 382. The molecule has 100 valence electrons. The quantitative estimate of drug-likeness (QED) is 0.743. The Morgan fingerprint density at radius 3 is 2.83 bits per heavy atom. The highest BCUT2D eigenvalue weighted by Gasteiger charge is 2.08. The molecule has 0 bridgehead atoms. The third kappa shape index (κ3) is 4.69. The molecule has 18 heavy (non-hydrogen) atoms. The molecule has 0 saturated heterocycles. The van der Waals surface area contributed by atoms with E-state index in [0.29, 0.717) is 11.7 Å². The molecule has 1 rings (SSSR count). The maximum Gasteiger partial charge on any atom is 0.356 e. The van der Waals surface area contributed by atoms with Crippen molar-refractivity contribution in [1.29, 1.82) is 0 Å². The summed E-state index contributed by atoms with van der Waals surface area (Å²) in [5.41, 5.74) is -0.0263. The second-order valence-corrected chi connectivity index (χ2v) is 4.39. The van der Waals surface area contributed by atoms with Crippen molar-refractivity contribution in [2.24, 2.45) is 5.92 Å². The smallest absolute Gasteiger partial charge is 0.356 e. The molecule has 0 aliphatic rings. The van der Waals surface area contributed by atoms with E-state index in [1.54, 1.807) is 6.20 Å². The highest BCUT2D eigenvalue weighted by atomic mass is 16.4. The van der Waals surface area contributed by atoms with Gasteiger partial charge in [-0.2, -0.15) is 0 Å². The number of hydrogen-bond acceptors (Lipinski definition) is 4. The van der Waals surface area contributed by atoms with Crippen LogP contribution in [0.3, 0.4) is 0 Å². The van der Waals surface area contributed by atoms with Crippen molar-refractivity contribution >= 4 is 11.8 Å². The number of carbonyl (C=O) groups is 1. The fourth-order valence-corrected chi connectivity index (χ4v) is 1.75. The minimum Gasteiger partial charge on any atom is -0.476 e. The average molecular weight is 251 g/mol. The fraction of sp³-hybridized carbons (Fsp3) is 0.615. The van der Waals surface area contributed by atoms with Crippen LogP contribution in [0.25, 0.3) is 0 Å². The van der Waals surface area contributed by atoms with E-state index < -0.39 is 5.97 Å². The van der Waals surface area contributed by atoms with Crippen LogP contribution in [-0.4, -0.2) is 27.6 Å². The number of carboxylic acid groups (broad SMARTS) is 1. The van der Waals surface area contributed by atoms with Crippen LogP contribution in [0.5, 0.6) is 0 Å². The van der Waals surface area contributed by atoms with Gasteiger partial charge in [0.2, 0.25) is 0 Å². The SMILES string of the molecule is CCCCC(CC)CNc1cncc(C(=O)O)n1. The molecule has 0 amide bonds. The molecular weight excluding hydrogens is 230 g/mol. The van der Waals surface area contributed by atoms with Crippen LogP contribution in [0.1, 0.15) is 50.0 Å². The number of carboxylic acids is 1. The summed E-state index contributed by atoms with van der Waals surface area (Å²) in [6.45, 7) is 5.16. The predicted octanol–water partition coefficient (Wildman–Crippen LogP) is 2.80. The largest absolute Gasteiger partial charge is 0.476 e. The van der Waals surface area contributed by atoms with Crippen LogP contribution in [-0.2, 0) is 0 Å². The Kier molecular flexibility index (Phi) is 6.11. The van der Waals surface area contributed by atoms with Gasteiger partial charge in [0, 0.05) is 6.54 Å². The summed E-state index contributed by atoms with van der Waals surface area (Å²) in [4.78, 5) is 18.6. The third-order valence-electron chi connectivity index (χ3n) is 2.97. The van der Waals surface area contributed by atoms with Gasteiger partial charge in [-0.25, -0.2) is 9.78 Å². The summed E-state index contributed by atoms with van der Waals surface area (Å²) < 4.78 is 0. The van der Waals surface area contributed by atoms with Crippen LogP contribution in [0, 0.1) is 5.92 Å². The molecule has 0 fully saturated rings. The molecule has 1 unspecified atom stereocenters. The van der Waals surface area contributed by atoms with Crippen LogP contribution < -0.4 is 5.32 Å². The monoisotopic (exact) mass is 251 g/mol. The number of unbranched alkanes of at least 4 members (excludes halogenated alkanes) is 1. The lowest BCUT2D eigenvalue weighted by atomic mass is 9.99. The van der Waals surface area contributed by atoms with E-state index in [-0.39, 0.29) is 5.69 Å². The zero-order valence-electron chi connectivity index (χ0n) is 11.0. The highest BCUT2D eigenvalue weighted by Crippen LogP contribution is 2.13. The molecule has 0 radical (unpaired) electrons. The second-order valence-electron chi connectivity index (χ2n) is 4.39. The second kappa shape index (κ2) is 7.63. The van der Waals surface area contributed by atoms with E-state index in [4.69, 9.17) is 5.11 Å². The van der Waals surface area contributed by atoms with Gasteiger partial charge in [-0.3, -0.25) is 4.98 Å². The Hall–Kier alpha value is -1.65. The Labute approximate surface area is 108 Å². The molecule has 0 aliphatic heterocycles. The van der Waals surface area contributed by atoms with E-state index in [2.05, 4.69) is 29.1 Å². The van der Waals surface area contributed by atoms with E-state index >= 15 is 0 Å². The third-order valence-corrected chi connectivity index (χ3v) is 2.97. The van der Waals surface area contributed by atoms with Crippen molar-refractivity contribution in [2.75, 3.05) is 11.9 Å².